The summed E-state index contributed by atoms with van der Waals surface area (Å²) in [6.45, 7) is 5.32. The minimum Gasteiger partial charge on any atom is -0.479 e. The summed E-state index contributed by atoms with van der Waals surface area (Å²) in [5.74, 6) is -1.37. The third-order valence-electron chi connectivity index (χ3n) is 7.12. The molecule has 1 fully saturated rings. The van der Waals surface area contributed by atoms with Crippen LogP contribution in [0.2, 0.25) is 0 Å². The van der Waals surface area contributed by atoms with E-state index in [1.54, 1.807) is 24.3 Å². The van der Waals surface area contributed by atoms with Crippen LogP contribution >= 0.6 is 0 Å². The van der Waals surface area contributed by atoms with Gasteiger partial charge >= 0.3 is 5.97 Å². The van der Waals surface area contributed by atoms with Gasteiger partial charge in [0.2, 0.25) is 5.91 Å². The summed E-state index contributed by atoms with van der Waals surface area (Å²) >= 11 is 0. The van der Waals surface area contributed by atoms with E-state index in [4.69, 9.17) is 4.74 Å². The highest BCUT2D eigenvalue weighted by atomic mass is 16.5. The van der Waals surface area contributed by atoms with Crippen molar-refractivity contribution in [1.29, 1.82) is 5.26 Å². The summed E-state index contributed by atoms with van der Waals surface area (Å²) in [5.41, 5.74) is 1.12. The lowest BCUT2D eigenvalue weighted by atomic mass is 9.93. The van der Waals surface area contributed by atoms with Crippen molar-refractivity contribution >= 4 is 11.9 Å². The molecule has 1 aliphatic rings. The van der Waals surface area contributed by atoms with Gasteiger partial charge in [-0.25, -0.2) is 4.79 Å². The second kappa shape index (κ2) is 11.4. The van der Waals surface area contributed by atoms with Gasteiger partial charge in [-0.1, -0.05) is 92.7 Å². The largest absolute Gasteiger partial charge is 0.479 e. The van der Waals surface area contributed by atoms with Crippen molar-refractivity contribution in [3.05, 3.63) is 95.6 Å². The summed E-state index contributed by atoms with van der Waals surface area (Å²) in [7, 11) is 0. The molecule has 39 heavy (non-hydrogen) atoms. The topological polar surface area (TPSA) is 120 Å². The Labute approximate surface area is 229 Å². The van der Waals surface area contributed by atoms with Crippen LogP contribution in [0, 0.1) is 17.2 Å². The standard InChI is InChI=1S/C32H34N2O5/c1-21(2)19-27(29(35)34-32(20-33)17-18-32)39-28(24-7-5-4-6-8-24)25-11-9-22(10-12-25)23-13-15-26(16-14-23)31(3,38)30(36)37/h4-16,21,27-28,38H,17-19H2,1-3H3,(H,34,35)(H,36,37)/t27-,28?,31?/m0/s1. The van der Waals surface area contributed by atoms with Crippen LogP contribution in [0.5, 0.6) is 0 Å². The SMILES string of the molecule is CC(C)C[C@H](OC(c1ccccc1)c1ccc(-c2ccc(C(C)(O)C(=O)O)cc2)cc1)C(=O)NC1(C#N)CC1. The molecular weight excluding hydrogens is 492 g/mol. The van der Waals surface area contributed by atoms with Crippen LogP contribution in [0.15, 0.2) is 78.9 Å². The van der Waals surface area contributed by atoms with E-state index in [2.05, 4.69) is 11.4 Å². The Kier molecular flexibility index (Phi) is 8.19. The Bertz CT molecular complexity index is 1340. The Morgan fingerprint density at radius 2 is 1.51 bits per heavy atom. The minimum absolute atomic E-state index is 0.210. The number of ether oxygens (including phenoxy) is 1. The summed E-state index contributed by atoms with van der Waals surface area (Å²) in [6, 6.07) is 26.5. The highest BCUT2D eigenvalue weighted by Gasteiger charge is 2.46. The van der Waals surface area contributed by atoms with Crippen molar-refractivity contribution in [2.24, 2.45) is 5.92 Å². The second-order valence-electron chi connectivity index (χ2n) is 10.8. The molecule has 3 N–H and O–H groups in total. The quantitative estimate of drug-likeness (QED) is 0.310. The van der Waals surface area contributed by atoms with Gasteiger partial charge in [-0.15, -0.1) is 0 Å². The second-order valence-corrected chi connectivity index (χ2v) is 10.8. The molecule has 202 valence electrons. The molecule has 3 aromatic rings. The predicted octanol–water partition coefficient (Wildman–Crippen LogP) is 5.34. The van der Waals surface area contributed by atoms with Crippen molar-refractivity contribution in [3.8, 4) is 17.2 Å². The van der Waals surface area contributed by atoms with E-state index in [1.165, 1.54) is 6.92 Å². The lowest BCUT2D eigenvalue weighted by Crippen LogP contribution is -2.44. The van der Waals surface area contributed by atoms with Crippen LogP contribution in [-0.4, -0.2) is 33.7 Å². The van der Waals surface area contributed by atoms with Crippen molar-refractivity contribution < 1.29 is 24.5 Å². The molecule has 1 saturated carbocycles. The number of carboxylic acid groups (broad SMARTS) is 1. The monoisotopic (exact) mass is 526 g/mol. The van der Waals surface area contributed by atoms with E-state index in [9.17, 15) is 25.1 Å². The van der Waals surface area contributed by atoms with Gasteiger partial charge in [0.1, 0.15) is 17.7 Å². The van der Waals surface area contributed by atoms with E-state index in [1.807, 2.05) is 68.4 Å². The summed E-state index contributed by atoms with van der Waals surface area (Å²) in [6.07, 6.45) is 0.598. The number of nitriles is 1. The fourth-order valence-electron chi connectivity index (χ4n) is 4.46. The molecule has 7 heteroatoms. The number of carboxylic acids is 1. The fraction of sp³-hybridized carbons (Fsp3) is 0.344. The number of amides is 1. The Morgan fingerprint density at radius 1 is 0.974 bits per heavy atom. The first-order valence-electron chi connectivity index (χ1n) is 13.1. The Hall–Kier alpha value is -3.99. The molecule has 0 saturated heterocycles. The van der Waals surface area contributed by atoms with Crippen LogP contribution in [0.3, 0.4) is 0 Å². The average molecular weight is 527 g/mol. The first kappa shape index (κ1) is 28.0. The number of rotatable bonds is 11. The average Bonchev–Trinajstić information content (AvgIpc) is 3.71. The smallest absolute Gasteiger partial charge is 0.340 e. The van der Waals surface area contributed by atoms with Crippen molar-refractivity contribution in [1.82, 2.24) is 5.32 Å². The molecule has 0 radical (unpaired) electrons. The maximum absolute atomic E-state index is 13.2. The third-order valence-corrected chi connectivity index (χ3v) is 7.12. The van der Waals surface area contributed by atoms with E-state index in [-0.39, 0.29) is 11.8 Å². The van der Waals surface area contributed by atoms with E-state index in [0.29, 0.717) is 24.8 Å². The Balaban J connectivity index is 1.60. The van der Waals surface area contributed by atoms with Crippen molar-refractivity contribution in [3.63, 3.8) is 0 Å². The number of hydrogen-bond acceptors (Lipinski definition) is 5. The Morgan fingerprint density at radius 3 is 2.00 bits per heavy atom. The van der Waals surface area contributed by atoms with E-state index < -0.39 is 29.3 Å². The molecule has 3 atom stereocenters. The molecule has 0 spiro atoms. The summed E-state index contributed by atoms with van der Waals surface area (Å²) in [5, 5.41) is 31.9. The first-order valence-corrected chi connectivity index (χ1v) is 13.1. The molecule has 0 bridgehead atoms. The van der Waals surface area contributed by atoms with Crippen LogP contribution in [-0.2, 0) is 19.9 Å². The van der Waals surface area contributed by atoms with E-state index >= 15 is 0 Å². The number of benzene rings is 3. The number of carbonyl (C=O) groups is 2. The summed E-state index contributed by atoms with van der Waals surface area (Å²) in [4.78, 5) is 24.6. The van der Waals surface area contributed by atoms with Gasteiger partial charge in [-0.2, -0.15) is 5.26 Å². The van der Waals surface area contributed by atoms with Crippen molar-refractivity contribution in [2.45, 2.75) is 63.4 Å². The number of nitrogens with one attached hydrogen (secondary N) is 1. The molecule has 4 rings (SSSR count). The van der Waals surface area contributed by atoms with Crippen LogP contribution in [0.4, 0.5) is 0 Å². The third kappa shape index (κ3) is 6.54. The van der Waals surface area contributed by atoms with Crippen LogP contribution in [0.1, 0.15) is 62.8 Å². The maximum atomic E-state index is 13.2. The number of nitrogens with zero attached hydrogens (tertiary/aromatic N) is 1. The molecule has 3 aromatic carbocycles. The van der Waals surface area contributed by atoms with Gasteiger partial charge in [0, 0.05) is 0 Å². The molecular formula is C32H34N2O5. The maximum Gasteiger partial charge on any atom is 0.340 e. The first-order chi connectivity index (χ1) is 18.5. The molecule has 1 amide bonds. The highest BCUT2D eigenvalue weighted by Crippen LogP contribution is 2.36. The number of hydrogen-bond donors (Lipinski definition) is 3. The summed E-state index contributed by atoms with van der Waals surface area (Å²) < 4.78 is 6.53. The number of carbonyl (C=O) groups excluding carboxylic acids is 1. The van der Waals surface area contributed by atoms with Gasteiger partial charge < -0.3 is 20.3 Å². The van der Waals surface area contributed by atoms with Gasteiger partial charge in [0.15, 0.2) is 5.60 Å². The zero-order chi connectivity index (χ0) is 28.2. The molecule has 0 aliphatic heterocycles. The zero-order valence-electron chi connectivity index (χ0n) is 22.4. The molecule has 0 aromatic heterocycles. The van der Waals surface area contributed by atoms with E-state index in [0.717, 1.165) is 22.3 Å². The predicted molar refractivity (Wildman–Crippen MR) is 147 cm³/mol. The van der Waals surface area contributed by atoms with Crippen LogP contribution in [0.25, 0.3) is 11.1 Å². The van der Waals surface area contributed by atoms with Gasteiger partial charge in [0.05, 0.1) is 6.07 Å². The lowest BCUT2D eigenvalue weighted by Gasteiger charge is -2.27. The number of aliphatic carboxylic acids is 1. The van der Waals surface area contributed by atoms with Gasteiger partial charge in [0.25, 0.3) is 0 Å². The molecule has 1 aliphatic carbocycles. The molecule has 2 unspecified atom stereocenters. The molecule has 0 heterocycles. The van der Waals surface area contributed by atoms with Gasteiger partial charge in [-0.3, -0.25) is 4.79 Å². The normalized spacial score (nSPS) is 16.9. The number of aliphatic hydroxyl groups is 1. The zero-order valence-corrected chi connectivity index (χ0v) is 22.4. The van der Waals surface area contributed by atoms with Gasteiger partial charge in [-0.05, 0) is 59.9 Å². The lowest BCUT2D eigenvalue weighted by molar-refractivity contribution is -0.157. The highest BCUT2D eigenvalue weighted by molar-refractivity contribution is 5.82. The van der Waals surface area contributed by atoms with Crippen molar-refractivity contribution in [2.75, 3.05) is 0 Å². The van der Waals surface area contributed by atoms with Crippen LogP contribution < -0.4 is 5.32 Å². The molecule has 7 nitrogen and oxygen atoms in total. The fourth-order valence-corrected chi connectivity index (χ4v) is 4.46. The minimum atomic E-state index is -1.96.